The highest BCUT2D eigenvalue weighted by molar-refractivity contribution is 6.31. The number of benzene rings is 2. The first kappa shape index (κ1) is 14.4. The molecular weight excluding hydrogens is 295 g/mol. The highest BCUT2D eigenvalue weighted by atomic mass is 35.5. The Labute approximate surface area is 126 Å². The van der Waals surface area contributed by atoms with Crippen molar-refractivity contribution in [1.29, 1.82) is 5.26 Å². The monoisotopic (exact) mass is 304 g/mol. The van der Waals surface area contributed by atoms with Gasteiger partial charge in [0.2, 0.25) is 5.91 Å². The van der Waals surface area contributed by atoms with Crippen LogP contribution in [0.2, 0.25) is 10.0 Å². The largest absolute Gasteiger partial charge is 0.325 e. The van der Waals surface area contributed by atoms with Crippen molar-refractivity contribution in [2.45, 2.75) is 6.42 Å². The smallest absolute Gasteiger partial charge is 0.228 e. The molecule has 0 saturated carbocycles. The highest BCUT2D eigenvalue weighted by Gasteiger charge is 2.08. The SMILES string of the molecule is N#Cc1ccc(Cl)cc1NC(=O)Cc1ccc(Cl)cc1. The van der Waals surface area contributed by atoms with Crippen LogP contribution in [0.1, 0.15) is 11.1 Å². The lowest BCUT2D eigenvalue weighted by molar-refractivity contribution is -0.115. The van der Waals surface area contributed by atoms with Crippen LogP contribution in [-0.4, -0.2) is 5.91 Å². The Morgan fingerprint density at radius 2 is 1.75 bits per heavy atom. The first-order valence-electron chi connectivity index (χ1n) is 5.82. The van der Waals surface area contributed by atoms with E-state index in [1.54, 1.807) is 42.5 Å². The summed E-state index contributed by atoms with van der Waals surface area (Å²) in [6.07, 6.45) is 0.203. The van der Waals surface area contributed by atoms with Crippen LogP contribution in [0.25, 0.3) is 0 Å². The van der Waals surface area contributed by atoms with Gasteiger partial charge in [-0.25, -0.2) is 0 Å². The number of hydrogen-bond acceptors (Lipinski definition) is 2. The van der Waals surface area contributed by atoms with E-state index in [0.29, 0.717) is 21.3 Å². The molecule has 2 aromatic rings. The molecule has 5 heteroatoms. The van der Waals surface area contributed by atoms with Crippen LogP contribution in [0.5, 0.6) is 0 Å². The van der Waals surface area contributed by atoms with E-state index >= 15 is 0 Å². The van der Waals surface area contributed by atoms with Crippen molar-refractivity contribution in [3.63, 3.8) is 0 Å². The Morgan fingerprint density at radius 3 is 2.40 bits per heavy atom. The number of hydrogen-bond donors (Lipinski definition) is 1. The Balaban J connectivity index is 2.10. The van der Waals surface area contributed by atoms with Gasteiger partial charge < -0.3 is 5.32 Å². The van der Waals surface area contributed by atoms with Gasteiger partial charge in [0.15, 0.2) is 0 Å². The van der Waals surface area contributed by atoms with E-state index in [1.807, 2.05) is 6.07 Å². The van der Waals surface area contributed by atoms with Gasteiger partial charge in [0.25, 0.3) is 0 Å². The van der Waals surface area contributed by atoms with Gasteiger partial charge in [-0.05, 0) is 35.9 Å². The van der Waals surface area contributed by atoms with Crippen LogP contribution < -0.4 is 5.32 Å². The molecule has 0 aliphatic heterocycles. The molecule has 0 aromatic heterocycles. The van der Waals surface area contributed by atoms with E-state index in [-0.39, 0.29) is 12.3 Å². The molecule has 1 N–H and O–H groups in total. The lowest BCUT2D eigenvalue weighted by Crippen LogP contribution is -2.15. The number of carbonyl (C=O) groups excluding carboxylic acids is 1. The van der Waals surface area contributed by atoms with Crippen molar-refractivity contribution in [2.24, 2.45) is 0 Å². The average Bonchev–Trinajstić information content (AvgIpc) is 2.41. The number of rotatable bonds is 3. The second-order valence-electron chi connectivity index (χ2n) is 4.15. The van der Waals surface area contributed by atoms with Crippen LogP contribution in [0.4, 0.5) is 5.69 Å². The van der Waals surface area contributed by atoms with Gasteiger partial charge in [0, 0.05) is 10.0 Å². The van der Waals surface area contributed by atoms with Crippen molar-refractivity contribution < 1.29 is 4.79 Å². The molecule has 0 bridgehead atoms. The molecule has 20 heavy (non-hydrogen) atoms. The topological polar surface area (TPSA) is 52.9 Å². The van der Waals surface area contributed by atoms with Gasteiger partial charge in [-0.15, -0.1) is 0 Å². The fourth-order valence-electron chi connectivity index (χ4n) is 1.70. The summed E-state index contributed by atoms with van der Waals surface area (Å²) < 4.78 is 0. The second-order valence-corrected chi connectivity index (χ2v) is 5.03. The Kier molecular flexibility index (Phi) is 4.62. The quantitative estimate of drug-likeness (QED) is 0.930. The number of anilines is 1. The first-order valence-corrected chi connectivity index (χ1v) is 6.58. The summed E-state index contributed by atoms with van der Waals surface area (Å²) in [5, 5.41) is 12.8. The van der Waals surface area contributed by atoms with Gasteiger partial charge in [-0.2, -0.15) is 5.26 Å². The molecule has 0 aliphatic rings. The molecule has 0 unspecified atom stereocenters. The van der Waals surface area contributed by atoms with Crippen LogP contribution in [0.3, 0.4) is 0 Å². The van der Waals surface area contributed by atoms with Crippen LogP contribution in [0.15, 0.2) is 42.5 Å². The number of carbonyl (C=O) groups is 1. The molecule has 0 fully saturated rings. The molecule has 0 aliphatic carbocycles. The third-order valence-electron chi connectivity index (χ3n) is 2.65. The number of amides is 1. The van der Waals surface area contributed by atoms with Crippen LogP contribution in [0, 0.1) is 11.3 Å². The van der Waals surface area contributed by atoms with Gasteiger partial charge in [-0.1, -0.05) is 35.3 Å². The number of nitriles is 1. The maximum Gasteiger partial charge on any atom is 0.228 e. The van der Waals surface area contributed by atoms with E-state index in [2.05, 4.69) is 5.32 Å². The van der Waals surface area contributed by atoms with Crippen molar-refractivity contribution in [2.75, 3.05) is 5.32 Å². The molecule has 0 spiro atoms. The minimum atomic E-state index is -0.217. The molecule has 2 rings (SSSR count). The summed E-state index contributed by atoms with van der Waals surface area (Å²) in [5.41, 5.74) is 1.63. The number of nitrogens with zero attached hydrogens (tertiary/aromatic N) is 1. The summed E-state index contributed by atoms with van der Waals surface area (Å²) in [7, 11) is 0. The number of halogens is 2. The molecule has 3 nitrogen and oxygen atoms in total. The first-order chi connectivity index (χ1) is 9.58. The summed E-state index contributed by atoms with van der Waals surface area (Å²) >= 11 is 11.6. The van der Waals surface area contributed by atoms with E-state index in [4.69, 9.17) is 28.5 Å². The normalized spacial score (nSPS) is 9.85. The maximum atomic E-state index is 11.9. The van der Waals surface area contributed by atoms with Gasteiger partial charge >= 0.3 is 0 Å². The summed E-state index contributed by atoms with van der Waals surface area (Å²) in [6, 6.07) is 13.8. The highest BCUT2D eigenvalue weighted by Crippen LogP contribution is 2.20. The third-order valence-corrected chi connectivity index (χ3v) is 3.14. The molecule has 100 valence electrons. The molecule has 0 saturated heterocycles. The molecular formula is C15H10Cl2N2O. The molecule has 1 amide bonds. The van der Waals surface area contributed by atoms with E-state index in [9.17, 15) is 4.79 Å². The van der Waals surface area contributed by atoms with E-state index in [0.717, 1.165) is 5.56 Å². The zero-order chi connectivity index (χ0) is 14.5. The van der Waals surface area contributed by atoms with Crippen molar-refractivity contribution in [1.82, 2.24) is 0 Å². The summed E-state index contributed by atoms with van der Waals surface area (Å²) in [5.74, 6) is -0.217. The van der Waals surface area contributed by atoms with Gasteiger partial charge in [0.1, 0.15) is 6.07 Å². The average molecular weight is 305 g/mol. The fraction of sp³-hybridized carbons (Fsp3) is 0.0667. The zero-order valence-electron chi connectivity index (χ0n) is 10.4. The fourth-order valence-corrected chi connectivity index (χ4v) is 2.00. The van der Waals surface area contributed by atoms with Crippen LogP contribution in [-0.2, 0) is 11.2 Å². The lowest BCUT2D eigenvalue weighted by Gasteiger charge is -2.07. The third kappa shape index (κ3) is 3.74. The number of nitrogens with one attached hydrogen (secondary N) is 1. The lowest BCUT2D eigenvalue weighted by atomic mass is 10.1. The van der Waals surface area contributed by atoms with Crippen molar-refractivity contribution in [3.8, 4) is 6.07 Å². The predicted molar refractivity (Wildman–Crippen MR) is 80.0 cm³/mol. The van der Waals surface area contributed by atoms with Gasteiger partial charge in [-0.3, -0.25) is 4.79 Å². The van der Waals surface area contributed by atoms with Crippen molar-refractivity contribution >= 4 is 34.8 Å². The molecule has 0 radical (unpaired) electrons. The Morgan fingerprint density at radius 1 is 1.10 bits per heavy atom. The van der Waals surface area contributed by atoms with Crippen LogP contribution >= 0.6 is 23.2 Å². The van der Waals surface area contributed by atoms with E-state index in [1.165, 1.54) is 0 Å². The maximum absolute atomic E-state index is 11.9. The zero-order valence-corrected chi connectivity index (χ0v) is 11.9. The van der Waals surface area contributed by atoms with E-state index < -0.39 is 0 Å². The van der Waals surface area contributed by atoms with Gasteiger partial charge in [0.05, 0.1) is 17.7 Å². The second kappa shape index (κ2) is 6.42. The Hall–Kier alpha value is -2.02. The van der Waals surface area contributed by atoms with Crippen molar-refractivity contribution in [3.05, 3.63) is 63.6 Å². The molecule has 0 heterocycles. The Bertz CT molecular complexity index is 675. The molecule has 0 atom stereocenters. The summed E-state index contributed by atoms with van der Waals surface area (Å²) in [6.45, 7) is 0. The standard InChI is InChI=1S/C15H10Cl2N2O/c16-12-4-1-10(2-5-12)7-15(20)19-14-8-13(17)6-3-11(14)9-18/h1-6,8H,7H2,(H,19,20). The minimum absolute atomic E-state index is 0.203. The summed E-state index contributed by atoms with van der Waals surface area (Å²) in [4.78, 5) is 11.9. The minimum Gasteiger partial charge on any atom is -0.325 e. The predicted octanol–water partition coefficient (Wildman–Crippen LogP) is 4.05. The molecule has 2 aromatic carbocycles.